The summed E-state index contributed by atoms with van der Waals surface area (Å²) < 4.78 is 0. The Hall–Kier alpha value is -1.88. The molecule has 0 unspecified atom stereocenters. The number of aliphatic carboxylic acids is 2. The second kappa shape index (κ2) is 15.0. The SMILES string of the molecule is CC(=O)CC(=O)O.CC(=O)CC(=O)O.OCC(CO)(CO)CO. The molecule has 6 N–H and O–H groups in total. The summed E-state index contributed by atoms with van der Waals surface area (Å²) in [5.41, 5.74) is -1.11. The highest BCUT2D eigenvalue weighted by atomic mass is 16.4. The molecule has 0 amide bonds. The first-order valence-corrected chi connectivity index (χ1v) is 6.36. The largest absolute Gasteiger partial charge is 0.481 e. The van der Waals surface area contributed by atoms with Crippen molar-refractivity contribution >= 4 is 23.5 Å². The van der Waals surface area contributed by atoms with Crippen molar-refractivity contribution in [3.05, 3.63) is 0 Å². The minimum atomic E-state index is -1.11. The molecular weight excluding hydrogens is 316 g/mol. The Kier molecular flexibility index (Phi) is 17.0. The molecule has 0 aromatic rings. The Morgan fingerprint density at radius 2 is 0.870 bits per heavy atom. The summed E-state index contributed by atoms with van der Waals surface area (Å²) in [4.78, 5) is 38.9. The lowest BCUT2D eigenvalue weighted by molar-refractivity contribution is -0.141. The Morgan fingerprint density at radius 1 is 0.652 bits per heavy atom. The van der Waals surface area contributed by atoms with Crippen molar-refractivity contribution in [3.63, 3.8) is 0 Å². The summed E-state index contributed by atoms with van der Waals surface area (Å²) in [6.45, 7) is 0.863. The van der Waals surface area contributed by atoms with Gasteiger partial charge in [0.25, 0.3) is 0 Å². The van der Waals surface area contributed by atoms with Gasteiger partial charge in [0, 0.05) is 0 Å². The molecule has 0 bridgehead atoms. The van der Waals surface area contributed by atoms with E-state index in [4.69, 9.17) is 30.6 Å². The fourth-order valence-corrected chi connectivity index (χ4v) is 0.726. The topological polar surface area (TPSA) is 190 Å². The number of Topliss-reactive ketones (excluding diaryl/α,β-unsaturated/α-hetero) is 2. The maximum absolute atomic E-state index is 9.87. The first-order valence-electron chi connectivity index (χ1n) is 6.36. The predicted molar refractivity (Wildman–Crippen MR) is 76.6 cm³/mol. The maximum Gasteiger partial charge on any atom is 0.310 e. The summed E-state index contributed by atoms with van der Waals surface area (Å²) in [6, 6.07) is 0. The summed E-state index contributed by atoms with van der Waals surface area (Å²) in [7, 11) is 0. The van der Waals surface area contributed by atoms with Gasteiger partial charge < -0.3 is 30.6 Å². The molecule has 10 nitrogen and oxygen atoms in total. The van der Waals surface area contributed by atoms with Crippen LogP contribution in [0.5, 0.6) is 0 Å². The van der Waals surface area contributed by atoms with Crippen molar-refractivity contribution in [1.29, 1.82) is 0 Å². The van der Waals surface area contributed by atoms with Crippen molar-refractivity contribution in [1.82, 2.24) is 0 Å². The number of carbonyl (C=O) groups excluding carboxylic acids is 2. The van der Waals surface area contributed by atoms with Crippen LogP contribution >= 0.6 is 0 Å². The van der Waals surface area contributed by atoms with E-state index in [0.717, 1.165) is 0 Å². The third-order valence-corrected chi connectivity index (χ3v) is 2.14. The Labute approximate surface area is 133 Å². The third-order valence-electron chi connectivity index (χ3n) is 2.14. The molecular formula is C13H24O10. The first kappa shape index (κ1) is 26.0. The zero-order valence-electron chi connectivity index (χ0n) is 13.1. The molecule has 0 aromatic carbocycles. The Morgan fingerprint density at radius 3 is 0.870 bits per heavy atom. The lowest BCUT2D eigenvalue weighted by Crippen LogP contribution is -2.37. The number of carbonyl (C=O) groups is 4. The van der Waals surface area contributed by atoms with Gasteiger partial charge in [0.05, 0.1) is 31.8 Å². The van der Waals surface area contributed by atoms with Gasteiger partial charge in [0.2, 0.25) is 0 Å². The minimum Gasteiger partial charge on any atom is -0.481 e. The number of hydrogen-bond donors (Lipinski definition) is 6. The molecule has 0 aromatic heterocycles. The quantitative estimate of drug-likeness (QED) is 0.270. The molecule has 0 aliphatic carbocycles. The van der Waals surface area contributed by atoms with Crippen molar-refractivity contribution in [3.8, 4) is 0 Å². The van der Waals surface area contributed by atoms with Crippen LogP contribution in [0.4, 0.5) is 0 Å². The molecule has 0 saturated carbocycles. The van der Waals surface area contributed by atoms with Crippen LogP contribution < -0.4 is 0 Å². The van der Waals surface area contributed by atoms with Crippen LogP contribution in [0, 0.1) is 5.41 Å². The average molecular weight is 340 g/mol. The zero-order chi connectivity index (χ0) is 19.1. The molecule has 0 aliphatic rings. The van der Waals surface area contributed by atoms with Crippen molar-refractivity contribution in [2.24, 2.45) is 5.41 Å². The molecule has 0 rings (SSSR count). The normalized spacial score (nSPS) is 9.65. The highest BCUT2D eigenvalue weighted by Crippen LogP contribution is 2.11. The summed E-state index contributed by atoms with van der Waals surface area (Å²) in [6.07, 6.45) is -0.722. The number of carboxylic acid groups (broad SMARTS) is 2. The third kappa shape index (κ3) is 20.1. The Bertz CT molecular complexity index is 305. The summed E-state index contributed by atoms with van der Waals surface area (Å²) in [5, 5.41) is 49.7. The number of carboxylic acids is 2. The molecule has 23 heavy (non-hydrogen) atoms. The molecule has 136 valence electrons. The number of ketones is 2. The maximum atomic E-state index is 9.87. The van der Waals surface area contributed by atoms with Gasteiger partial charge >= 0.3 is 11.9 Å². The van der Waals surface area contributed by atoms with Gasteiger partial charge in [-0.1, -0.05) is 0 Å². The summed E-state index contributed by atoms with van der Waals surface area (Å²) >= 11 is 0. The fraction of sp³-hybridized carbons (Fsp3) is 0.692. The van der Waals surface area contributed by atoms with Gasteiger partial charge in [0.1, 0.15) is 24.4 Å². The zero-order valence-corrected chi connectivity index (χ0v) is 13.1. The van der Waals surface area contributed by atoms with E-state index in [1.807, 2.05) is 0 Å². The van der Waals surface area contributed by atoms with Gasteiger partial charge in [-0.3, -0.25) is 19.2 Å². The van der Waals surface area contributed by atoms with Gasteiger partial charge in [0.15, 0.2) is 0 Å². The average Bonchev–Trinajstić information content (AvgIpc) is 2.40. The summed E-state index contributed by atoms with van der Waals surface area (Å²) in [5.74, 6) is -2.75. The van der Waals surface area contributed by atoms with Gasteiger partial charge in [-0.15, -0.1) is 0 Å². The molecule has 0 atom stereocenters. The number of rotatable bonds is 8. The van der Waals surface area contributed by atoms with E-state index in [-0.39, 0.29) is 24.4 Å². The molecule has 0 radical (unpaired) electrons. The number of hydrogen-bond acceptors (Lipinski definition) is 8. The van der Waals surface area contributed by atoms with Crippen molar-refractivity contribution < 1.29 is 49.8 Å². The number of aliphatic hydroxyl groups is 4. The van der Waals surface area contributed by atoms with E-state index < -0.39 is 43.8 Å². The lowest BCUT2D eigenvalue weighted by Gasteiger charge is -2.23. The van der Waals surface area contributed by atoms with Crippen LogP contribution in [0.15, 0.2) is 0 Å². The second-order valence-corrected chi connectivity index (χ2v) is 4.68. The lowest BCUT2D eigenvalue weighted by atomic mass is 9.93. The number of aliphatic hydroxyl groups excluding tert-OH is 4. The molecule has 10 heteroatoms. The highest BCUT2D eigenvalue weighted by Gasteiger charge is 2.26. The van der Waals surface area contributed by atoms with Gasteiger partial charge in [-0.2, -0.15) is 0 Å². The van der Waals surface area contributed by atoms with Crippen LogP contribution in [0.1, 0.15) is 26.7 Å². The van der Waals surface area contributed by atoms with Crippen LogP contribution in [0.2, 0.25) is 0 Å². The fourth-order valence-electron chi connectivity index (χ4n) is 0.726. The molecule has 0 spiro atoms. The van der Waals surface area contributed by atoms with Gasteiger partial charge in [-0.05, 0) is 13.8 Å². The minimum absolute atomic E-state index is 0.312. The second-order valence-electron chi connectivity index (χ2n) is 4.68. The van der Waals surface area contributed by atoms with Crippen LogP contribution in [-0.2, 0) is 19.2 Å². The first-order chi connectivity index (χ1) is 10.5. The Balaban J connectivity index is -0.000000264. The molecule has 0 saturated heterocycles. The van der Waals surface area contributed by atoms with E-state index in [2.05, 4.69) is 0 Å². The standard InChI is InChI=1S/C5H12O4.2C4H6O3/c6-1-5(2-7,3-8)4-9;2*1-3(5)2-4(6)7/h6-9H,1-4H2;2*2H2,1H3,(H,6,7). The molecule has 0 fully saturated rings. The van der Waals surface area contributed by atoms with E-state index >= 15 is 0 Å². The van der Waals surface area contributed by atoms with E-state index in [1.165, 1.54) is 13.8 Å². The van der Waals surface area contributed by atoms with Crippen LogP contribution in [-0.4, -0.2) is 80.6 Å². The van der Waals surface area contributed by atoms with E-state index in [9.17, 15) is 19.2 Å². The monoisotopic (exact) mass is 340 g/mol. The predicted octanol–water partition coefficient (Wildman–Crippen LogP) is -1.96. The molecule has 0 heterocycles. The smallest absolute Gasteiger partial charge is 0.310 e. The van der Waals surface area contributed by atoms with E-state index in [0.29, 0.717) is 0 Å². The molecule has 0 aliphatic heterocycles. The van der Waals surface area contributed by atoms with Crippen molar-refractivity contribution in [2.75, 3.05) is 26.4 Å². The van der Waals surface area contributed by atoms with E-state index in [1.54, 1.807) is 0 Å². The highest BCUT2D eigenvalue weighted by molar-refractivity contribution is 5.93. The van der Waals surface area contributed by atoms with Crippen LogP contribution in [0.3, 0.4) is 0 Å². The van der Waals surface area contributed by atoms with Gasteiger partial charge in [-0.25, -0.2) is 0 Å². The van der Waals surface area contributed by atoms with Crippen molar-refractivity contribution in [2.45, 2.75) is 26.7 Å². The van der Waals surface area contributed by atoms with Crippen LogP contribution in [0.25, 0.3) is 0 Å².